The number of carbonyl (C=O) groups is 1. The van der Waals surface area contributed by atoms with Crippen molar-refractivity contribution in [3.05, 3.63) is 44.9 Å². The van der Waals surface area contributed by atoms with Gasteiger partial charge in [0.1, 0.15) is 0 Å². The van der Waals surface area contributed by atoms with Crippen LogP contribution in [-0.4, -0.2) is 13.9 Å². The van der Waals surface area contributed by atoms with Gasteiger partial charge in [-0.15, -0.1) is 0 Å². The predicted octanol–water partition coefficient (Wildman–Crippen LogP) is 5.51. The van der Waals surface area contributed by atoms with Gasteiger partial charge in [0.2, 0.25) is 0 Å². The highest BCUT2D eigenvalue weighted by atomic mass is 79.9. The Kier molecular flexibility index (Phi) is 3.38. The molecule has 1 aromatic carbocycles. The Labute approximate surface area is 137 Å². The minimum absolute atomic E-state index is 0.0762. The predicted molar refractivity (Wildman–Crippen MR) is 94.6 cm³/mol. The van der Waals surface area contributed by atoms with Crippen LogP contribution in [0.15, 0.2) is 33.8 Å². The van der Waals surface area contributed by atoms with Crippen molar-refractivity contribution in [1.82, 2.24) is 0 Å². The summed E-state index contributed by atoms with van der Waals surface area (Å²) in [6.07, 6.45) is 2.01. The van der Waals surface area contributed by atoms with Crippen molar-refractivity contribution in [3.8, 4) is 0 Å². The van der Waals surface area contributed by atoms with Crippen molar-refractivity contribution in [3.63, 3.8) is 0 Å². The van der Waals surface area contributed by atoms with Gasteiger partial charge in [-0.05, 0) is 50.5 Å². The smallest absolute Gasteiger partial charge is 0.167 e. The zero-order valence-corrected chi connectivity index (χ0v) is 16.1. The van der Waals surface area contributed by atoms with Gasteiger partial charge in [0, 0.05) is 21.0 Å². The third-order valence-electron chi connectivity index (χ3n) is 5.76. The maximum atomic E-state index is 13.0. The molecule has 0 saturated carbocycles. The van der Waals surface area contributed by atoms with Crippen molar-refractivity contribution < 1.29 is 4.79 Å². The SMILES string of the molecule is CC1=C(C)C[C@]2([Si](C)(C)C)c3cc(Br)ccc3C(=O)[C@@H]2C1. The first-order chi connectivity index (χ1) is 9.68. The number of ketones is 1. The summed E-state index contributed by atoms with van der Waals surface area (Å²) >= 11 is 3.61. The van der Waals surface area contributed by atoms with Gasteiger partial charge >= 0.3 is 0 Å². The van der Waals surface area contributed by atoms with Crippen molar-refractivity contribution >= 4 is 29.8 Å². The summed E-state index contributed by atoms with van der Waals surface area (Å²) in [4.78, 5) is 13.0. The fraction of sp³-hybridized carbons (Fsp3) is 0.500. The average molecular weight is 363 g/mol. The number of rotatable bonds is 1. The van der Waals surface area contributed by atoms with Gasteiger partial charge < -0.3 is 0 Å². The maximum absolute atomic E-state index is 13.0. The number of fused-ring (bicyclic) bond motifs is 3. The van der Waals surface area contributed by atoms with Gasteiger partial charge in [-0.25, -0.2) is 0 Å². The van der Waals surface area contributed by atoms with E-state index >= 15 is 0 Å². The Morgan fingerprint density at radius 2 is 1.86 bits per heavy atom. The van der Waals surface area contributed by atoms with Crippen molar-refractivity contribution in [2.75, 3.05) is 0 Å². The molecule has 2 atom stereocenters. The summed E-state index contributed by atoms with van der Waals surface area (Å²) in [7, 11) is -1.57. The molecule has 0 bridgehead atoms. The molecule has 0 radical (unpaired) electrons. The Bertz CT molecular complexity index is 668. The summed E-state index contributed by atoms with van der Waals surface area (Å²) in [6.45, 7) is 11.7. The Balaban J connectivity index is 2.32. The molecule has 0 amide bonds. The molecule has 112 valence electrons. The molecule has 3 rings (SSSR count). The van der Waals surface area contributed by atoms with Crippen LogP contribution in [0.4, 0.5) is 0 Å². The third-order valence-corrected chi connectivity index (χ3v) is 9.72. The number of hydrogen-bond acceptors (Lipinski definition) is 1. The molecule has 0 heterocycles. The largest absolute Gasteiger partial charge is 0.294 e. The van der Waals surface area contributed by atoms with E-state index in [9.17, 15) is 4.79 Å². The zero-order valence-electron chi connectivity index (χ0n) is 13.5. The second kappa shape index (κ2) is 4.66. The molecule has 1 nitrogen and oxygen atoms in total. The molecule has 0 N–H and O–H groups in total. The molecular weight excluding hydrogens is 340 g/mol. The van der Waals surface area contributed by atoms with Crippen LogP contribution < -0.4 is 0 Å². The first-order valence-corrected chi connectivity index (χ1v) is 12.0. The fourth-order valence-corrected chi connectivity index (χ4v) is 7.88. The van der Waals surface area contributed by atoms with Crippen LogP contribution in [0.1, 0.15) is 42.6 Å². The van der Waals surface area contributed by atoms with Gasteiger partial charge in [0.25, 0.3) is 0 Å². The normalized spacial score (nSPS) is 28.7. The lowest BCUT2D eigenvalue weighted by molar-refractivity contribution is 0.0902. The third kappa shape index (κ3) is 1.97. The Morgan fingerprint density at radius 3 is 2.48 bits per heavy atom. The van der Waals surface area contributed by atoms with Gasteiger partial charge in [0.05, 0.1) is 8.07 Å². The summed E-state index contributed by atoms with van der Waals surface area (Å²) in [5.74, 6) is 0.545. The molecular formula is C18H23BrOSi. The second-order valence-electron chi connectivity index (χ2n) is 7.77. The van der Waals surface area contributed by atoms with Gasteiger partial charge in [-0.2, -0.15) is 0 Å². The van der Waals surface area contributed by atoms with Gasteiger partial charge in [0.15, 0.2) is 5.78 Å². The Hall–Kier alpha value is -0.673. The van der Waals surface area contributed by atoms with Crippen molar-refractivity contribution in [2.24, 2.45) is 5.92 Å². The van der Waals surface area contributed by atoms with Crippen LogP contribution in [0, 0.1) is 5.92 Å². The fourth-order valence-electron chi connectivity index (χ4n) is 4.43. The van der Waals surface area contributed by atoms with Gasteiger partial charge in [-0.3, -0.25) is 4.79 Å². The van der Waals surface area contributed by atoms with Crippen LogP contribution in [-0.2, 0) is 5.04 Å². The number of Topliss-reactive ketones (excluding diaryl/α,β-unsaturated/α-hetero) is 1. The minimum Gasteiger partial charge on any atom is -0.294 e. The zero-order chi connectivity index (χ0) is 15.6. The summed E-state index contributed by atoms with van der Waals surface area (Å²) < 4.78 is 1.09. The number of carbonyl (C=O) groups excluding carboxylic acids is 1. The van der Waals surface area contributed by atoms with E-state index in [0.29, 0.717) is 5.78 Å². The van der Waals surface area contributed by atoms with E-state index < -0.39 is 8.07 Å². The molecule has 0 spiro atoms. The van der Waals surface area contributed by atoms with E-state index in [0.717, 1.165) is 22.9 Å². The lowest BCUT2D eigenvalue weighted by Crippen LogP contribution is -2.55. The molecule has 0 aliphatic heterocycles. The summed E-state index contributed by atoms with van der Waals surface area (Å²) in [5, 5.41) is 0.0762. The average Bonchev–Trinajstić information content (AvgIpc) is 2.61. The topological polar surface area (TPSA) is 17.1 Å². The van der Waals surface area contributed by atoms with Crippen LogP contribution in [0.25, 0.3) is 0 Å². The number of hydrogen-bond donors (Lipinski definition) is 0. The van der Waals surface area contributed by atoms with E-state index in [1.807, 2.05) is 12.1 Å². The molecule has 2 aliphatic carbocycles. The van der Waals surface area contributed by atoms with Crippen molar-refractivity contribution in [1.29, 1.82) is 0 Å². The second-order valence-corrected chi connectivity index (χ2v) is 14.1. The summed E-state index contributed by atoms with van der Waals surface area (Å²) in [6, 6.07) is 6.27. The minimum atomic E-state index is -1.57. The quantitative estimate of drug-likeness (QED) is 0.475. The molecule has 0 unspecified atom stereocenters. The highest BCUT2D eigenvalue weighted by Crippen LogP contribution is 2.57. The standard InChI is InChI=1S/C18H23BrOSi/c1-11-8-16-17(20)14-7-6-13(19)9-15(14)18(16,10-12(11)2)21(3,4)5/h6-7,9,16H,8,10H2,1-5H3/t16-,18-/m0/s1. The van der Waals surface area contributed by atoms with Crippen molar-refractivity contribution in [2.45, 2.75) is 51.4 Å². The highest BCUT2D eigenvalue weighted by molar-refractivity contribution is 9.10. The maximum Gasteiger partial charge on any atom is 0.167 e. The lowest BCUT2D eigenvalue weighted by Gasteiger charge is -2.48. The monoisotopic (exact) mass is 362 g/mol. The lowest BCUT2D eigenvalue weighted by atomic mass is 9.75. The Morgan fingerprint density at radius 1 is 1.19 bits per heavy atom. The van der Waals surface area contributed by atoms with E-state index in [1.54, 1.807) is 0 Å². The van der Waals surface area contributed by atoms with Gasteiger partial charge in [-0.1, -0.05) is 46.7 Å². The van der Waals surface area contributed by atoms with E-state index in [4.69, 9.17) is 0 Å². The summed E-state index contributed by atoms with van der Waals surface area (Å²) in [5.41, 5.74) is 5.22. The first-order valence-electron chi connectivity index (χ1n) is 7.68. The molecule has 0 aromatic heterocycles. The van der Waals surface area contributed by atoms with Crippen LogP contribution >= 0.6 is 15.9 Å². The highest BCUT2D eigenvalue weighted by Gasteiger charge is 2.59. The molecule has 0 saturated heterocycles. The molecule has 2 aliphatic rings. The van der Waals surface area contributed by atoms with E-state index in [-0.39, 0.29) is 11.0 Å². The van der Waals surface area contributed by atoms with E-state index in [2.05, 4.69) is 55.5 Å². The van der Waals surface area contributed by atoms with Crippen LogP contribution in [0.5, 0.6) is 0 Å². The molecule has 0 fully saturated rings. The number of allylic oxidation sites excluding steroid dienone is 2. The molecule has 21 heavy (non-hydrogen) atoms. The van der Waals surface area contributed by atoms with E-state index in [1.165, 1.54) is 16.7 Å². The van der Waals surface area contributed by atoms with Crippen LogP contribution in [0.3, 0.4) is 0 Å². The number of halogens is 1. The van der Waals surface area contributed by atoms with Crippen LogP contribution in [0.2, 0.25) is 19.6 Å². The first kappa shape index (κ1) is 15.2. The number of benzene rings is 1. The molecule has 1 aromatic rings. The molecule has 3 heteroatoms.